The first-order valence-electron chi connectivity index (χ1n) is 6.87. The molecule has 1 heterocycles. The van der Waals surface area contributed by atoms with Crippen molar-refractivity contribution in [3.8, 4) is 11.4 Å². The summed E-state index contributed by atoms with van der Waals surface area (Å²) in [5, 5.41) is 13.1. The maximum Gasteiger partial charge on any atom is 0.115 e. The molecule has 1 unspecified atom stereocenters. The van der Waals surface area contributed by atoms with E-state index < -0.39 is 0 Å². The van der Waals surface area contributed by atoms with Gasteiger partial charge < -0.3 is 15.0 Å². The fourth-order valence-electron chi connectivity index (χ4n) is 2.33. The average molecular weight is 279 g/mol. The van der Waals surface area contributed by atoms with Crippen LogP contribution < -0.4 is 5.32 Å². The van der Waals surface area contributed by atoms with Crippen molar-refractivity contribution in [2.75, 3.05) is 5.32 Å². The molecule has 0 saturated heterocycles. The van der Waals surface area contributed by atoms with Gasteiger partial charge in [0.1, 0.15) is 5.75 Å². The van der Waals surface area contributed by atoms with Gasteiger partial charge in [-0.1, -0.05) is 24.3 Å². The van der Waals surface area contributed by atoms with E-state index in [2.05, 4.69) is 17.2 Å². The summed E-state index contributed by atoms with van der Waals surface area (Å²) < 4.78 is 1.97. The minimum absolute atomic E-state index is 0.0850. The van der Waals surface area contributed by atoms with Crippen molar-refractivity contribution in [1.82, 2.24) is 9.55 Å². The molecule has 0 radical (unpaired) electrons. The van der Waals surface area contributed by atoms with E-state index in [1.54, 1.807) is 24.7 Å². The number of imidazole rings is 1. The summed E-state index contributed by atoms with van der Waals surface area (Å²) in [7, 11) is 0. The molecule has 0 aliphatic carbocycles. The zero-order valence-corrected chi connectivity index (χ0v) is 11.8. The highest BCUT2D eigenvalue weighted by molar-refractivity contribution is 5.61. The van der Waals surface area contributed by atoms with Crippen LogP contribution in [0.25, 0.3) is 5.69 Å². The summed E-state index contributed by atoms with van der Waals surface area (Å²) in [6.07, 6.45) is 5.45. The van der Waals surface area contributed by atoms with Gasteiger partial charge in [-0.3, -0.25) is 0 Å². The summed E-state index contributed by atoms with van der Waals surface area (Å²) in [4.78, 5) is 4.09. The van der Waals surface area contributed by atoms with Gasteiger partial charge in [0.05, 0.1) is 17.7 Å². The third kappa shape index (κ3) is 2.89. The smallest absolute Gasteiger partial charge is 0.115 e. The van der Waals surface area contributed by atoms with Gasteiger partial charge >= 0.3 is 0 Å². The van der Waals surface area contributed by atoms with Crippen LogP contribution in [0, 0.1) is 0 Å². The highest BCUT2D eigenvalue weighted by Crippen LogP contribution is 2.26. The van der Waals surface area contributed by atoms with Crippen LogP contribution in [-0.2, 0) is 0 Å². The molecule has 2 aromatic carbocycles. The highest BCUT2D eigenvalue weighted by atomic mass is 16.3. The van der Waals surface area contributed by atoms with Crippen LogP contribution in [0.4, 0.5) is 5.69 Å². The molecule has 1 atom stereocenters. The van der Waals surface area contributed by atoms with Gasteiger partial charge in [-0.15, -0.1) is 0 Å². The SMILES string of the molecule is CC(Nc1ccccc1-n1ccnc1)c1cccc(O)c1. The third-order valence-electron chi connectivity index (χ3n) is 3.43. The molecule has 0 aliphatic rings. The number of phenols is 1. The van der Waals surface area contributed by atoms with Crippen LogP contribution in [0.15, 0.2) is 67.3 Å². The molecule has 3 aromatic rings. The van der Waals surface area contributed by atoms with Gasteiger partial charge in [-0.25, -0.2) is 4.98 Å². The summed E-state index contributed by atoms with van der Waals surface area (Å²) in [5.41, 5.74) is 3.10. The molecule has 0 fully saturated rings. The zero-order valence-electron chi connectivity index (χ0n) is 11.8. The molecule has 0 spiro atoms. The van der Waals surface area contributed by atoms with Crippen LogP contribution >= 0.6 is 0 Å². The number of nitrogens with one attached hydrogen (secondary N) is 1. The van der Waals surface area contributed by atoms with E-state index >= 15 is 0 Å². The fourth-order valence-corrected chi connectivity index (χ4v) is 2.33. The molecule has 21 heavy (non-hydrogen) atoms. The lowest BCUT2D eigenvalue weighted by molar-refractivity contribution is 0.474. The Hall–Kier alpha value is -2.75. The fraction of sp³-hybridized carbons (Fsp3) is 0.118. The molecule has 0 saturated carbocycles. The van der Waals surface area contributed by atoms with Crippen molar-refractivity contribution in [2.24, 2.45) is 0 Å². The van der Waals surface area contributed by atoms with Crippen molar-refractivity contribution in [1.29, 1.82) is 0 Å². The van der Waals surface area contributed by atoms with E-state index in [1.165, 1.54) is 0 Å². The lowest BCUT2D eigenvalue weighted by Gasteiger charge is -2.19. The van der Waals surface area contributed by atoms with Gasteiger partial charge in [-0.2, -0.15) is 0 Å². The Morgan fingerprint density at radius 2 is 2.00 bits per heavy atom. The van der Waals surface area contributed by atoms with E-state index in [0.717, 1.165) is 16.9 Å². The Bertz CT molecular complexity index is 722. The number of benzene rings is 2. The zero-order chi connectivity index (χ0) is 14.7. The molecule has 0 aliphatic heterocycles. The first kappa shape index (κ1) is 13.2. The predicted molar refractivity (Wildman–Crippen MR) is 83.7 cm³/mol. The van der Waals surface area contributed by atoms with Gasteiger partial charge in [0, 0.05) is 18.4 Å². The quantitative estimate of drug-likeness (QED) is 0.764. The Labute approximate surface area is 123 Å². The van der Waals surface area contributed by atoms with E-state index in [-0.39, 0.29) is 11.8 Å². The number of phenolic OH excluding ortho intramolecular Hbond substituents is 1. The molecule has 106 valence electrons. The third-order valence-corrected chi connectivity index (χ3v) is 3.43. The largest absolute Gasteiger partial charge is 0.508 e. The maximum absolute atomic E-state index is 9.59. The number of hydrogen-bond donors (Lipinski definition) is 2. The van der Waals surface area contributed by atoms with Crippen LogP contribution in [0.1, 0.15) is 18.5 Å². The molecular weight excluding hydrogens is 262 g/mol. The number of anilines is 1. The molecule has 4 nitrogen and oxygen atoms in total. The van der Waals surface area contributed by atoms with Crippen molar-refractivity contribution in [3.63, 3.8) is 0 Å². The Morgan fingerprint density at radius 3 is 2.76 bits per heavy atom. The van der Waals surface area contributed by atoms with Crippen molar-refractivity contribution < 1.29 is 5.11 Å². The van der Waals surface area contributed by atoms with Crippen molar-refractivity contribution >= 4 is 5.69 Å². The number of aromatic hydroxyl groups is 1. The molecule has 2 N–H and O–H groups in total. The van der Waals surface area contributed by atoms with E-state index in [4.69, 9.17) is 0 Å². The molecule has 3 rings (SSSR count). The summed E-state index contributed by atoms with van der Waals surface area (Å²) in [5.74, 6) is 0.282. The number of para-hydroxylation sites is 2. The molecular formula is C17H17N3O. The second kappa shape index (κ2) is 5.71. The number of rotatable bonds is 4. The second-order valence-corrected chi connectivity index (χ2v) is 4.95. The standard InChI is InChI=1S/C17H17N3O/c1-13(14-5-4-6-15(21)11-14)19-16-7-2-3-8-17(16)20-10-9-18-12-20/h2-13,19,21H,1H3. The number of aromatic nitrogens is 2. The first-order chi connectivity index (χ1) is 10.2. The summed E-state index contributed by atoms with van der Waals surface area (Å²) in [6, 6.07) is 15.5. The molecule has 4 heteroatoms. The lowest BCUT2D eigenvalue weighted by Crippen LogP contribution is -2.08. The summed E-state index contributed by atoms with van der Waals surface area (Å²) >= 11 is 0. The van der Waals surface area contributed by atoms with E-state index in [9.17, 15) is 5.11 Å². The molecule has 0 amide bonds. The Morgan fingerprint density at radius 1 is 1.14 bits per heavy atom. The molecule has 1 aromatic heterocycles. The minimum atomic E-state index is 0.0850. The Balaban J connectivity index is 1.88. The van der Waals surface area contributed by atoms with Crippen LogP contribution in [0.2, 0.25) is 0 Å². The van der Waals surface area contributed by atoms with Gasteiger partial charge in [0.15, 0.2) is 0 Å². The minimum Gasteiger partial charge on any atom is -0.508 e. The normalized spacial score (nSPS) is 12.0. The van der Waals surface area contributed by atoms with Gasteiger partial charge in [0.2, 0.25) is 0 Å². The van der Waals surface area contributed by atoms with E-state index in [1.807, 2.05) is 47.2 Å². The Kier molecular flexibility index (Phi) is 3.60. The van der Waals surface area contributed by atoms with Gasteiger partial charge in [-0.05, 0) is 36.8 Å². The summed E-state index contributed by atoms with van der Waals surface area (Å²) in [6.45, 7) is 2.07. The number of hydrogen-bond acceptors (Lipinski definition) is 3. The number of nitrogens with zero attached hydrogens (tertiary/aromatic N) is 2. The second-order valence-electron chi connectivity index (χ2n) is 4.95. The van der Waals surface area contributed by atoms with Crippen LogP contribution in [0.3, 0.4) is 0 Å². The van der Waals surface area contributed by atoms with E-state index in [0.29, 0.717) is 0 Å². The molecule has 0 bridgehead atoms. The average Bonchev–Trinajstić information content (AvgIpc) is 3.02. The van der Waals surface area contributed by atoms with Crippen molar-refractivity contribution in [2.45, 2.75) is 13.0 Å². The monoisotopic (exact) mass is 279 g/mol. The van der Waals surface area contributed by atoms with Crippen LogP contribution in [0.5, 0.6) is 5.75 Å². The van der Waals surface area contributed by atoms with Crippen LogP contribution in [-0.4, -0.2) is 14.7 Å². The van der Waals surface area contributed by atoms with Crippen molar-refractivity contribution in [3.05, 3.63) is 72.8 Å². The van der Waals surface area contributed by atoms with Gasteiger partial charge in [0.25, 0.3) is 0 Å². The predicted octanol–water partition coefficient (Wildman–Crippen LogP) is 3.75. The topological polar surface area (TPSA) is 50.1 Å². The lowest BCUT2D eigenvalue weighted by atomic mass is 10.1. The maximum atomic E-state index is 9.59. The first-order valence-corrected chi connectivity index (χ1v) is 6.87. The highest BCUT2D eigenvalue weighted by Gasteiger charge is 2.09.